The fourth-order valence-corrected chi connectivity index (χ4v) is 4.36. The summed E-state index contributed by atoms with van der Waals surface area (Å²) in [5, 5.41) is 3.32. The first-order valence-electron chi connectivity index (χ1n) is 10.2. The predicted octanol–water partition coefficient (Wildman–Crippen LogP) is 7.21. The van der Waals surface area contributed by atoms with Gasteiger partial charge in [-0.15, -0.1) is 0 Å². The summed E-state index contributed by atoms with van der Waals surface area (Å²) in [6, 6.07) is 9.38. The second kappa shape index (κ2) is 9.93. The number of allylic oxidation sites excluding steroid dienone is 1. The number of ether oxygens (including phenoxy) is 1. The molecule has 33 heavy (non-hydrogen) atoms. The van der Waals surface area contributed by atoms with E-state index in [9.17, 15) is 18.0 Å². The highest BCUT2D eigenvalue weighted by atomic mass is 35.5. The molecule has 1 saturated carbocycles. The van der Waals surface area contributed by atoms with Crippen LogP contribution in [0.4, 0.5) is 18.3 Å². The van der Waals surface area contributed by atoms with Crippen LogP contribution in [-0.2, 0) is 11.0 Å². The van der Waals surface area contributed by atoms with Gasteiger partial charge >= 0.3 is 6.18 Å². The van der Waals surface area contributed by atoms with Gasteiger partial charge in [-0.3, -0.25) is 4.79 Å². The molecule has 1 amide bonds. The summed E-state index contributed by atoms with van der Waals surface area (Å²) in [4.78, 5) is 20.2. The lowest BCUT2D eigenvalue weighted by atomic mass is 9.84. The lowest BCUT2D eigenvalue weighted by molar-refractivity contribution is -0.137. The lowest BCUT2D eigenvalue weighted by Crippen LogP contribution is -2.25. The van der Waals surface area contributed by atoms with Crippen molar-refractivity contribution in [3.05, 3.63) is 69.8 Å². The van der Waals surface area contributed by atoms with E-state index in [1.54, 1.807) is 12.1 Å². The Morgan fingerprint density at radius 1 is 1.15 bits per heavy atom. The van der Waals surface area contributed by atoms with Gasteiger partial charge in [0, 0.05) is 18.2 Å². The second-order valence-electron chi connectivity index (χ2n) is 7.59. The average Bonchev–Trinajstić information content (AvgIpc) is 3.19. The fraction of sp³-hybridized carbons (Fsp3) is 0.261. The first-order valence-corrected chi connectivity index (χ1v) is 11.4. The zero-order valence-electron chi connectivity index (χ0n) is 17.2. The number of rotatable bonds is 5. The molecule has 5 nitrogen and oxygen atoms in total. The van der Waals surface area contributed by atoms with Crippen LogP contribution >= 0.6 is 22.9 Å². The van der Waals surface area contributed by atoms with Gasteiger partial charge in [0.1, 0.15) is 10.1 Å². The standard InChI is InChI=1S/C23H19ClF3N3O2S/c24-19-13-29-22(33-19)30-21(31)16-6-4-14(5-7-16)10-15-2-1-3-18(11-15)32-20-9-8-17(12-28-20)23(25,26)27/h1-3,8-13,16H,4-7H2,(H,29,30,31). The van der Waals surface area contributed by atoms with Crippen LogP contribution in [0.25, 0.3) is 6.08 Å². The lowest BCUT2D eigenvalue weighted by Gasteiger charge is -2.22. The molecule has 172 valence electrons. The molecule has 0 aliphatic heterocycles. The van der Waals surface area contributed by atoms with Crippen LogP contribution < -0.4 is 10.1 Å². The molecule has 0 saturated heterocycles. The van der Waals surface area contributed by atoms with E-state index in [1.807, 2.05) is 12.1 Å². The Balaban J connectivity index is 1.34. The SMILES string of the molecule is O=C(Nc1ncc(Cl)s1)C1CCC(=Cc2cccc(Oc3ccc(C(F)(F)F)cn3)c2)CC1. The van der Waals surface area contributed by atoms with Crippen molar-refractivity contribution in [1.29, 1.82) is 0 Å². The molecule has 1 aliphatic rings. The molecule has 0 bridgehead atoms. The number of aromatic nitrogens is 2. The molecule has 1 fully saturated rings. The maximum Gasteiger partial charge on any atom is 0.417 e. The number of carbonyl (C=O) groups excluding carboxylic acids is 1. The first-order chi connectivity index (χ1) is 15.8. The monoisotopic (exact) mass is 493 g/mol. The van der Waals surface area contributed by atoms with Crippen molar-refractivity contribution >= 4 is 40.1 Å². The summed E-state index contributed by atoms with van der Waals surface area (Å²) < 4.78 is 44.2. The van der Waals surface area contributed by atoms with Gasteiger partial charge in [-0.25, -0.2) is 9.97 Å². The number of halogens is 4. The van der Waals surface area contributed by atoms with Gasteiger partial charge in [-0.05, 0) is 49.4 Å². The summed E-state index contributed by atoms with van der Waals surface area (Å²) in [5.41, 5.74) is 1.31. The van der Waals surface area contributed by atoms with Gasteiger partial charge in [0.25, 0.3) is 0 Å². The highest BCUT2D eigenvalue weighted by Crippen LogP contribution is 2.33. The van der Waals surface area contributed by atoms with E-state index in [1.165, 1.54) is 29.2 Å². The number of thiazole rings is 1. The maximum absolute atomic E-state index is 12.7. The molecule has 0 atom stereocenters. The van der Waals surface area contributed by atoms with Crippen molar-refractivity contribution in [3.63, 3.8) is 0 Å². The third-order valence-corrected chi connectivity index (χ3v) is 6.25. The largest absolute Gasteiger partial charge is 0.439 e. The van der Waals surface area contributed by atoms with E-state index in [2.05, 4.69) is 21.4 Å². The Hall–Kier alpha value is -2.91. The summed E-state index contributed by atoms with van der Waals surface area (Å²) >= 11 is 7.08. The van der Waals surface area contributed by atoms with Crippen LogP contribution in [-0.4, -0.2) is 15.9 Å². The molecule has 4 rings (SSSR count). The second-order valence-corrected chi connectivity index (χ2v) is 9.26. The molecule has 2 aromatic heterocycles. The van der Waals surface area contributed by atoms with Gasteiger partial charge in [-0.1, -0.05) is 46.7 Å². The van der Waals surface area contributed by atoms with Crippen molar-refractivity contribution in [2.75, 3.05) is 5.32 Å². The van der Waals surface area contributed by atoms with Crippen molar-refractivity contribution in [1.82, 2.24) is 9.97 Å². The number of hydrogen-bond acceptors (Lipinski definition) is 5. The normalized spacial score (nSPS) is 16.4. The quantitative estimate of drug-likeness (QED) is 0.407. The number of benzene rings is 1. The summed E-state index contributed by atoms with van der Waals surface area (Å²) in [6.07, 6.45) is 2.94. The number of pyridine rings is 1. The predicted molar refractivity (Wildman–Crippen MR) is 121 cm³/mol. The molecule has 10 heteroatoms. The number of amides is 1. The van der Waals surface area contributed by atoms with Crippen molar-refractivity contribution in [2.45, 2.75) is 31.9 Å². The molecule has 1 aromatic carbocycles. The van der Waals surface area contributed by atoms with Crippen molar-refractivity contribution in [3.8, 4) is 11.6 Å². The molecule has 2 heterocycles. The summed E-state index contributed by atoms with van der Waals surface area (Å²) in [6.45, 7) is 0. The molecule has 1 N–H and O–H groups in total. The highest BCUT2D eigenvalue weighted by molar-refractivity contribution is 7.19. The van der Waals surface area contributed by atoms with E-state index in [4.69, 9.17) is 16.3 Å². The van der Waals surface area contributed by atoms with E-state index < -0.39 is 11.7 Å². The molecule has 0 spiro atoms. The number of hydrogen-bond donors (Lipinski definition) is 1. The Morgan fingerprint density at radius 2 is 1.94 bits per heavy atom. The summed E-state index contributed by atoms with van der Waals surface area (Å²) in [7, 11) is 0. The van der Waals surface area contributed by atoms with Crippen LogP contribution in [0.5, 0.6) is 11.6 Å². The molecule has 1 aliphatic carbocycles. The Kier molecular flexibility index (Phi) is 6.99. The third kappa shape index (κ3) is 6.33. The van der Waals surface area contributed by atoms with Crippen LogP contribution in [0.3, 0.4) is 0 Å². The van der Waals surface area contributed by atoms with E-state index in [0.717, 1.165) is 43.5 Å². The van der Waals surface area contributed by atoms with Gasteiger partial charge in [0.15, 0.2) is 5.13 Å². The average molecular weight is 494 g/mol. The van der Waals surface area contributed by atoms with Crippen LogP contribution in [0.1, 0.15) is 36.8 Å². The highest BCUT2D eigenvalue weighted by Gasteiger charge is 2.30. The van der Waals surface area contributed by atoms with Crippen molar-refractivity contribution < 1.29 is 22.7 Å². The molecule has 3 aromatic rings. The number of nitrogens with zero attached hydrogens (tertiary/aromatic N) is 2. The number of carbonyl (C=O) groups is 1. The maximum atomic E-state index is 12.7. The van der Waals surface area contributed by atoms with Crippen LogP contribution in [0.2, 0.25) is 4.34 Å². The fourth-order valence-electron chi connectivity index (χ4n) is 3.55. The Labute approximate surface area is 197 Å². The minimum atomic E-state index is -4.44. The summed E-state index contributed by atoms with van der Waals surface area (Å²) in [5.74, 6) is 0.442. The third-order valence-electron chi connectivity index (χ3n) is 5.22. The zero-order valence-corrected chi connectivity index (χ0v) is 18.8. The van der Waals surface area contributed by atoms with Crippen LogP contribution in [0.15, 0.2) is 54.4 Å². The van der Waals surface area contributed by atoms with E-state index in [-0.39, 0.29) is 17.7 Å². The van der Waals surface area contributed by atoms with Gasteiger partial charge < -0.3 is 10.1 Å². The van der Waals surface area contributed by atoms with Crippen LogP contribution in [0, 0.1) is 5.92 Å². The number of anilines is 1. The molecule has 0 radical (unpaired) electrons. The molecular formula is C23H19ClF3N3O2S. The Bertz CT molecular complexity index is 1150. The minimum Gasteiger partial charge on any atom is -0.439 e. The smallest absolute Gasteiger partial charge is 0.417 e. The number of alkyl halides is 3. The topological polar surface area (TPSA) is 64.1 Å². The first kappa shape index (κ1) is 23.3. The molecular weight excluding hydrogens is 475 g/mol. The Morgan fingerprint density at radius 3 is 2.58 bits per heavy atom. The van der Waals surface area contributed by atoms with Crippen molar-refractivity contribution in [2.24, 2.45) is 5.92 Å². The molecule has 0 unspecified atom stereocenters. The van der Waals surface area contributed by atoms with E-state index in [0.29, 0.717) is 15.2 Å². The van der Waals surface area contributed by atoms with Gasteiger partial charge in [0.05, 0.1) is 11.8 Å². The number of nitrogens with one attached hydrogen (secondary N) is 1. The zero-order chi connectivity index (χ0) is 23.4. The van der Waals surface area contributed by atoms with Gasteiger partial charge in [0.2, 0.25) is 11.8 Å². The van der Waals surface area contributed by atoms with E-state index >= 15 is 0 Å². The minimum absolute atomic E-state index is 0.0421. The van der Waals surface area contributed by atoms with Gasteiger partial charge in [-0.2, -0.15) is 13.2 Å².